The quantitative estimate of drug-likeness (QED) is 0.629. The molecule has 0 atom stereocenters. The van der Waals surface area contributed by atoms with Crippen molar-refractivity contribution < 1.29 is 4.79 Å². The van der Waals surface area contributed by atoms with E-state index in [1.54, 1.807) is 24.3 Å². The highest BCUT2D eigenvalue weighted by molar-refractivity contribution is 6.30. The Hall–Kier alpha value is -2.06. The molecule has 22 heavy (non-hydrogen) atoms. The fraction of sp³-hybridized carbons (Fsp3) is 0.211. The molecule has 2 aromatic carbocycles. The van der Waals surface area contributed by atoms with Crippen LogP contribution < -0.4 is 0 Å². The number of aryl methyl sites for hydroxylation is 1. The van der Waals surface area contributed by atoms with E-state index >= 15 is 0 Å². The van der Waals surface area contributed by atoms with E-state index in [4.69, 9.17) is 11.6 Å². The van der Waals surface area contributed by atoms with Gasteiger partial charge in [-0.2, -0.15) is 0 Å². The molecule has 1 heterocycles. The highest BCUT2D eigenvalue weighted by Gasteiger charge is 2.19. The van der Waals surface area contributed by atoms with E-state index in [2.05, 4.69) is 11.9 Å². The van der Waals surface area contributed by atoms with Crippen LogP contribution in [0.4, 0.5) is 0 Å². The molecule has 0 radical (unpaired) electrons. The van der Waals surface area contributed by atoms with Gasteiger partial charge in [0, 0.05) is 27.2 Å². The second-order valence-corrected chi connectivity index (χ2v) is 5.90. The largest absolute Gasteiger partial charge is 0.358 e. The van der Waals surface area contributed by atoms with Crippen molar-refractivity contribution >= 4 is 28.3 Å². The van der Waals surface area contributed by atoms with Crippen LogP contribution in [0.3, 0.4) is 0 Å². The first kappa shape index (κ1) is 14.9. The summed E-state index contributed by atoms with van der Waals surface area (Å²) >= 11 is 5.92. The van der Waals surface area contributed by atoms with E-state index in [-0.39, 0.29) is 5.78 Å². The molecule has 0 fully saturated rings. The standard InChI is InChI=1S/C19H18ClNO/c1-2-3-7-17-18(15-6-4-5-8-16(15)21-17)19(22)13-9-11-14(20)12-10-13/h4-6,8-12,21H,2-3,7H2,1H3. The summed E-state index contributed by atoms with van der Waals surface area (Å²) in [5, 5.41) is 1.63. The number of hydrogen-bond donors (Lipinski definition) is 1. The third-order valence-electron chi connectivity index (χ3n) is 3.90. The fourth-order valence-electron chi connectivity index (χ4n) is 2.74. The molecule has 0 amide bonds. The van der Waals surface area contributed by atoms with Crippen LogP contribution in [-0.2, 0) is 6.42 Å². The Kier molecular flexibility index (Phi) is 4.30. The van der Waals surface area contributed by atoms with Crippen molar-refractivity contribution in [3.05, 3.63) is 70.4 Å². The van der Waals surface area contributed by atoms with Crippen molar-refractivity contribution in [3.8, 4) is 0 Å². The number of carbonyl (C=O) groups is 1. The normalized spacial score (nSPS) is 11.0. The molecule has 0 saturated carbocycles. The number of halogens is 1. The zero-order valence-corrected chi connectivity index (χ0v) is 13.3. The number of unbranched alkanes of at least 4 members (excludes halogenated alkanes) is 1. The van der Waals surface area contributed by atoms with Gasteiger partial charge in [-0.15, -0.1) is 0 Å². The highest BCUT2D eigenvalue weighted by Crippen LogP contribution is 2.26. The van der Waals surface area contributed by atoms with Crippen molar-refractivity contribution in [1.29, 1.82) is 0 Å². The summed E-state index contributed by atoms with van der Waals surface area (Å²) < 4.78 is 0. The van der Waals surface area contributed by atoms with Crippen LogP contribution in [-0.4, -0.2) is 10.8 Å². The van der Waals surface area contributed by atoms with E-state index in [9.17, 15) is 4.79 Å². The minimum Gasteiger partial charge on any atom is -0.358 e. The molecule has 0 bridgehead atoms. The Morgan fingerprint density at radius 3 is 2.55 bits per heavy atom. The lowest BCUT2D eigenvalue weighted by Crippen LogP contribution is -2.04. The number of hydrogen-bond acceptors (Lipinski definition) is 1. The molecule has 3 heteroatoms. The molecule has 0 saturated heterocycles. The van der Waals surface area contributed by atoms with Gasteiger partial charge in [-0.25, -0.2) is 0 Å². The molecular weight excluding hydrogens is 294 g/mol. The van der Waals surface area contributed by atoms with Crippen LogP contribution in [0.5, 0.6) is 0 Å². The molecule has 2 nitrogen and oxygen atoms in total. The molecule has 0 aliphatic rings. The molecule has 0 aliphatic carbocycles. The molecule has 3 rings (SSSR count). The second kappa shape index (κ2) is 6.37. The first-order valence-electron chi connectivity index (χ1n) is 7.60. The summed E-state index contributed by atoms with van der Waals surface area (Å²) in [6, 6.07) is 15.1. The van der Waals surface area contributed by atoms with Gasteiger partial charge in [0.2, 0.25) is 0 Å². The highest BCUT2D eigenvalue weighted by atomic mass is 35.5. The van der Waals surface area contributed by atoms with Gasteiger partial charge in [0.15, 0.2) is 5.78 Å². The molecule has 1 aromatic heterocycles. The van der Waals surface area contributed by atoms with Gasteiger partial charge in [0.25, 0.3) is 0 Å². The minimum atomic E-state index is 0.0558. The number of nitrogens with one attached hydrogen (secondary N) is 1. The minimum absolute atomic E-state index is 0.0558. The maximum Gasteiger partial charge on any atom is 0.195 e. The average Bonchev–Trinajstić information content (AvgIpc) is 2.91. The third kappa shape index (κ3) is 2.79. The summed E-state index contributed by atoms with van der Waals surface area (Å²) in [4.78, 5) is 16.4. The number of para-hydroxylation sites is 1. The summed E-state index contributed by atoms with van der Waals surface area (Å²) in [7, 11) is 0. The van der Waals surface area contributed by atoms with E-state index < -0.39 is 0 Å². The van der Waals surface area contributed by atoms with Gasteiger partial charge >= 0.3 is 0 Å². The Balaban J connectivity index is 2.10. The maximum absolute atomic E-state index is 13.0. The maximum atomic E-state index is 13.0. The zero-order valence-electron chi connectivity index (χ0n) is 12.5. The van der Waals surface area contributed by atoms with Crippen molar-refractivity contribution in [3.63, 3.8) is 0 Å². The predicted molar refractivity (Wildman–Crippen MR) is 91.8 cm³/mol. The number of aromatic amines is 1. The number of ketones is 1. The summed E-state index contributed by atoms with van der Waals surface area (Å²) in [5.41, 5.74) is 3.52. The van der Waals surface area contributed by atoms with Crippen LogP contribution in [0, 0.1) is 0 Å². The lowest BCUT2D eigenvalue weighted by atomic mass is 9.98. The van der Waals surface area contributed by atoms with Gasteiger partial charge in [0.05, 0.1) is 5.56 Å². The predicted octanol–water partition coefficient (Wildman–Crippen LogP) is 5.39. The van der Waals surface area contributed by atoms with Crippen LogP contribution in [0.15, 0.2) is 48.5 Å². The van der Waals surface area contributed by atoms with Gasteiger partial charge in [-0.05, 0) is 43.2 Å². The summed E-state index contributed by atoms with van der Waals surface area (Å²) in [6.07, 6.45) is 3.05. The zero-order chi connectivity index (χ0) is 15.5. The number of carbonyl (C=O) groups excluding carboxylic acids is 1. The van der Waals surface area contributed by atoms with Crippen LogP contribution in [0.25, 0.3) is 10.9 Å². The monoisotopic (exact) mass is 311 g/mol. The topological polar surface area (TPSA) is 32.9 Å². The van der Waals surface area contributed by atoms with Gasteiger partial charge in [-0.3, -0.25) is 4.79 Å². The van der Waals surface area contributed by atoms with E-state index in [0.717, 1.165) is 41.4 Å². The second-order valence-electron chi connectivity index (χ2n) is 5.46. The summed E-state index contributed by atoms with van der Waals surface area (Å²) in [5.74, 6) is 0.0558. The van der Waals surface area contributed by atoms with Crippen LogP contribution in [0.1, 0.15) is 41.4 Å². The average molecular weight is 312 g/mol. The molecule has 0 aliphatic heterocycles. The van der Waals surface area contributed by atoms with E-state index in [1.807, 2.05) is 24.3 Å². The van der Waals surface area contributed by atoms with Crippen LogP contribution in [0.2, 0.25) is 5.02 Å². The fourth-order valence-corrected chi connectivity index (χ4v) is 2.87. The smallest absolute Gasteiger partial charge is 0.195 e. The summed E-state index contributed by atoms with van der Waals surface area (Å²) in [6.45, 7) is 2.16. The molecule has 3 aromatic rings. The molecule has 0 unspecified atom stereocenters. The molecule has 112 valence electrons. The van der Waals surface area contributed by atoms with Gasteiger partial charge < -0.3 is 4.98 Å². The third-order valence-corrected chi connectivity index (χ3v) is 4.15. The Bertz CT molecular complexity index is 802. The number of rotatable bonds is 5. The Morgan fingerprint density at radius 1 is 1.09 bits per heavy atom. The SMILES string of the molecule is CCCCc1[nH]c2ccccc2c1C(=O)c1ccc(Cl)cc1. The molecule has 1 N–H and O–H groups in total. The Morgan fingerprint density at radius 2 is 1.82 bits per heavy atom. The van der Waals surface area contributed by atoms with Crippen LogP contribution >= 0.6 is 11.6 Å². The number of H-pyrrole nitrogens is 1. The molecule has 0 spiro atoms. The lowest BCUT2D eigenvalue weighted by molar-refractivity contribution is 0.103. The van der Waals surface area contributed by atoms with Crippen molar-refractivity contribution in [2.24, 2.45) is 0 Å². The van der Waals surface area contributed by atoms with E-state index in [1.165, 1.54) is 0 Å². The van der Waals surface area contributed by atoms with Crippen molar-refractivity contribution in [2.45, 2.75) is 26.2 Å². The number of benzene rings is 2. The first-order chi connectivity index (χ1) is 10.7. The first-order valence-corrected chi connectivity index (χ1v) is 7.98. The number of aromatic nitrogens is 1. The van der Waals surface area contributed by atoms with Gasteiger partial charge in [-0.1, -0.05) is 43.1 Å². The van der Waals surface area contributed by atoms with Gasteiger partial charge in [0.1, 0.15) is 0 Å². The lowest BCUT2D eigenvalue weighted by Gasteiger charge is -2.04. The number of fused-ring (bicyclic) bond motifs is 1. The Labute approximate surface area is 135 Å². The van der Waals surface area contributed by atoms with E-state index in [0.29, 0.717) is 10.6 Å². The molecular formula is C19H18ClNO. The van der Waals surface area contributed by atoms with Crippen molar-refractivity contribution in [1.82, 2.24) is 4.98 Å². The van der Waals surface area contributed by atoms with Crippen molar-refractivity contribution in [2.75, 3.05) is 0 Å².